The van der Waals surface area contributed by atoms with Crippen molar-refractivity contribution in [2.75, 3.05) is 13.2 Å². The maximum atomic E-state index is 12.1. The maximum Gasteiger partial charge on any atom is 0.261 e. The minimum atomic E-state index is -3.83. The van der Waals surface area contributed by atoms with Crippen LogP contribution < -0.4 is 5.32 Å². The van der Waals surface area contributed by atoms with Crippen molar-refractivity contribution in [2.24, 2.45) is 5.92 Å². The molecule has 7 heteroatoms. The molecule has 0 bridgehead atoms. The van der Waals surface area contributed by atoms with Gasteiger partial charge < -0.3 is 10.1 Å². The number of nitrogens with one attached hydrogen (secondary N) is 1. The van der Waals surface area contributed by atoms with Crippen LogP contribution in [0.5, 0.6) is 0 Å². The van der Waals surface area contributed by atoms with Gasteiger partial charge in [0.05, 0.1) is 11.5 Å². The van der Waals surface area contributed by atoms with Gasteiger partial charge in [-0.1, -0.05) is 6.07 Å². The molecule has 0 aromatic heterocycles. The number of halogens is 1. The highest BCUT2D eigenvalue weighted by Crippen LogP contribution is 2.18. The minimum absolute atomic E-state index is 0.0266. The lowest BCUT2D eigenvalue weighted by Gasteiger charge is -2.19. The average Bonchev–Trinajstić information content (AvgIpc) is 2.91. The molecule has 0 saturated carbocycles. The van der Waals surface area contributed by atoms with Crippen LogP contribution in [0, 0.1) is 5.92 Å². The molecule has 0 radical (unpaired) electrons. The van der Waals surface area contributed by atoms with Crippen LogP contribution in [0.1, 0.15) is 23.7 Å². The Hall–Kier alpha value is -1.11. The summed E-state index contributed by atoms with van der Waals surface area (Å²) in [6.45, 7) is 3.27. The number of amides is 1. The SMILES string of the molecule is CC(NC(=O)c1cccc(S(=O)(=O)Cl)c1)C1CCOC1. The summed E-state index contributed by atoms with van der Waals surface area (Å²) in [6, 6.07) is 5.65. The molecule has 0 spiro atoms. The van der Waals surface area contributed by atoms with Crippen LogP contribution in [0.3, 0.4) is 0 Å². The third kappa shape index (κ3) is 3.71. The highest BCUT2D eigenvalue weighted by atomic mass is 35.7. The first-order valence-electron chi connectivity index (χ1n) is 6.31. The Morgan fingerprint density at radius 3 is 2.85 bits per heavy atom. The fourth-order valence-electron chi connectivity index (χ4n) is 2.14. The standard InChI is InChI=1S/C13H16ClNO4S/c1-9(11-5-6-19-8-11)15-13(16)10-3-2-4-12(7-10)20(14,17)18/h2-4,7,9,11H,5-6,8H2,1H3,(H,15,16). The third-order valence-electron chi connectivity index (χ3n) is 3.41. The molecule has 110 valence electrons. The van der Waals surface area contributed by atoms with Crippen LogP contribution in [0.2, 0.25) is 0 Å². The lowest BCUT2D eigenvalue weighted by molar-refractivity contribution is 0.0922. The maximum absolute atomic E-state index is 12.1. The summed E-state index contributed by atoms with van der Waals surface area (Å²) in [7, 11) is 1.44. The van der Waals surface area contributed by atoms with Crippen LogP contribution >= 0.6 is 10.7 Å². The summed E-state index contributed by atoms with van der Waals surface area (Å²) in [4.78, 5) is 12.0. The number of carbonyl (C=O) groups excluding carboxylic acids is 1. The lowest BCUT2D eigenvalue weighted by atomic mass is 10.0. The average molecular weight is 318 g/mol. The van der Waals surface area contributed by atoms with Crippen LogP contribution in [-0.4, -0.2) is 33.6 Å². The van der Waals surface area contributed by atoms with Crippen molar-refractivity contribution in [1.29, 1.82) is 0 Å². The van der Waals surface area contributed by atoms with E-state index in [9.17, 15) is 13.2 Å². The lowest BCUT2D eigenvalue weighted by Crippen LogP contribution is -2.38. The molecule has 1 aliphatic heterocycles. The van der Waals surface area contributed by atoms with Gasteiger partial charge in [-0.2, -0.15) is 0 Å². The van der Waals surface area contributed by atoms with E-state index in [1.54, 1.807) is 6.07 Å². The van der Waals surface area contributed by atoms with E-state index in [0.29, 0.717) is 19.1 Å². The van der Waals surface area contributed by atoms with Gasteiger partial charge >= 0.3 is 0 Å². The topological polar surface area (TPSA) is 72.5 Å². The van der Waals surface area contributed by atoms with E-state index in [1.165, 1.54) is 18.2 Å². The Bertz CT molecular complexity index is 596. The normalized spacial score (nSPS) is 20.6. The van der Waals surface area contributed by atoms with Gasteiger partial charge in [0.15, 0.2) is 0 Å². The van der Waals surface area contributed by atoms with E-state index in [2.05, 4.69) is 5.32 Å². The van der Waals surface area contributed by atoms with Crippen LogP contribution in [0.4, 0.5) is 0 Å². The Morgan fingerprint density at radius 2 is 2.25 bits per heavy atom. The van der Waals surface area contributed by atoms with Crippen molar-refractivity contribution in [2.45, 2.75) is 24.3 Å². The number of carbonyl (C=O) groups is 1. The molecule has 0 aliphatic carbocycles. The zero-order valence-electron chi connectivity index (χ0n) is 11.0. The van der Waals surface area contributed by atoms with Crippen molar-refractivity contribution in [3.8, 4) is 0 Å². The number of ether oxygens (including phenoxy) is 1. The molecule has 2 unspecified atom stereocenters. The monoisotopic (exact) mass is 317 g/mol. The van der Waals surface area contributed by atoms with E-state index in [0.717, 1.165) is 6.42 Å². The Balaban J connectivity index is 2.09. The van der Waals surface area contributed by atoms with E-state index >= 15 is 0 Å². The predicted octanol–water partition coefficient (Wildman–Crippen LogP) is 1.77. The quantitative estimate of drug-likeness (QED) is 0.859. The number of rotatable bonds is 4. The molecule has 1 aromatic rings. The molecule has 1 aromatic carbocycles. The highest BCUT2D eigenvalue weighted by molar-refractivity contribution is 8.13. The first-order valence-corrected chi connectivity index (χ1v) is 8.62. The predicted molar refractivity (Wildman–Crippen MR) is 75.3 cm³/mol. The number of hydrogen-bond acceptors (Lipinski definition) is 4. The zero-order valence-corrected chi connectivity index (χ0v) is 12.6. The largest absolute Gasteiger partial charge is 0.381 e. The Labute approximate surface area is 122 Å². The van der Waals surface area contributed by atoms with Crippen molar-refractivity contribution >= 4 is 25.6 Å². The molecule has 1 aliphatic rings. The second-order valence-electron chi connectivity index (χ2n) is 4.85. The van der Waals surface area contributed by atoms with E-state index in [-0.39, 0.29) is 22.4 Å². The van der Waals surface area contributed by atoms with Crippen molar-refractivity contribution in [3.05, 3.63) is 29.8 Å². The molecule has 1 fully saturated rings. The summed E-state index contributed by atoms with van der Waals surface area (Å²) < 4.78 is 27.8. The zero-order chi connectivity index (χ0) is 14.8. The molecular formula is C13H16ClNO4S. The molecular weight excluding hydrogens is 302 g/mol. The second kappa shape index (κ2) is 6.11. The van der Waals surface area contributed by atoms with Crippen molar-refractivity contribution in [3.63, 3.8) is 0 Å². The van der Waals surface area contributed by atoms with Crippen LogP contribution in [-0.2, 0) is 13.8 Å². The molecule has 1 saturated heterocycles. The minimum Gasteiger partial charge on any atom is -0.381 e. The summed E-state index contributed by atoms with van der Waals surface area (Å²) in [5, 5.41) is 2.86. The third-order valence-corrected chi connectivity index (χ3v) is 4.76. The van der Waals surface area contributed by atoms with Gasteiger partial charge in [0.1, 0.15) is 0 Å². The van der Waals surface area contributed by atoms with Gasteiger partial charge in [-0.05, 0) is 31.5 Å². The van der Waals surface area contributed by atoms with E-state index in [1.807, 2.05) is 6.92 Å². The molecule has 5 nitrogen and oxygen atoms in total. The molecule has 1 heterocycles. The van der Waals surface area contributed by atoms with Gasteiger partial charge in [-0.15, -0.1) is 0 Å². The molecule has 2 rings (SSSR count). The van der Waals surface area contributed by atoms with Crippen LogP contribution in [0.25, 0.3) is 0 Å². The summed E-state index contributed by atoms with van der Waals surface area (Å²) >= 11 is 0. The Morgan fingerprint density at radius 1 is 1.50 bits per heavy atom. The fourth-order valence-corrected chi connectivity index (χ4v) is 2.94. The molecule has 1 N–H and O–H groups in total. The summed E-state index contributed by atoms with van der Waals surface area (Å²) in [5.74, 6) is -0.0227. The highest BCUT2D eigenvalue weighted by Gasteiger charge is 2.24. The van der Waals surface area contributed by atoms with Crippen molar-refractivity contribution < 1.29 is 17.9 Å². The molecule has 2 atom stereocenters. The van der Waals surface area contributed by atoms with Gasteiger partial charge in [0.2, 0.25) is 0 Å². The van der Waals surface area contributed by atoms with Gasteiger partial charge in [0, 0.05) is 34.8 Å². The fraction of sp³-hybridized carbons (Fsp3) is 0.462. The Kier molecular flexibility index (Phi) is 4.67. The van der Waals surface area contributed by atoms with Gasteiger partial charge in [-0.3, -0.25) is 4.79 Å². The first-order chi connectivity index (χ1) is 9.38. The molecule has 20 heavy (non-hydrogen) atoms. The summed E-state index contributed by atoms with van der Waals surface area (Å²) in [6.07, 6.45) is 0.914. The van der Waals surface area contributed by atoms with Crippen LogP contribution in [0.15, 0.2) is 29.2 Å². The number of hydrogen-bond donors (Lipinski definition) is 1. The number of benzene rings is 1. The van der Waals surface area contributed by atoms with Crippen molar-refractivity contribution in [1.82, 2.24) is 5.32 Å². The van der Waals surface area contributed by atoms with E-state index in [4.69, 9.17) is 15.4 Å². The second-order valence-corrected chi connectivity index (χ2v) is 7.42. The molecule has 1 amide bonds. The van der Waals surface area contributed by atoms with E-state index < -0.39 is 9.05 Å². The first kappa shape index (κ1) is 15.3. The van der Waals surface area contributed by atoms with Gasteiger partial charge in [-0.25, -0.2) is 8.42 Å². The van der Waals surface area contributed by atoms with Gasteiger partial charge in [0.25, 0.3) is 15.0 Å². The smallest absolute Gasteiger partial charge is 0.261 e. The summed E-state index contributed by atoms with van der Waals surface area (Å²) in [5.41, 5.74) is 0.275.